The fourth-order valence-corrected chi connectivity index (χ4v) is 3.26. The summed E-state index contributed by atoms with van der Waals surface area (Å²) in [6, 6.07) is 17.5. The molecule has 7 nitrogen and oxygen atoms in total. The van der Waals surface area contributed by atoms with Gasteiger partial charge in [-0.15, -0.1) is 0 Å². The number of carbonyl (C=O) groups is 1. The molecule has 2 heterocycles. The van der Waals surface area contributed by atoms with E-state index in [1.54, 1.807) is 27.8 Å². The zero-order chi connectivity index (χ0) is 21.8. The van der Waals surface area contributed by atoms with Gasteiger partial charge in [0.2, 0.25) is 0 Å². The van der Waals surface area contributed by atoms with Crippen LogP contribution in [0.4, 0.5) is 5.82 Å². The third kappa shape index (κ3) is 5.13. The minimum Gasteiger partial charge on any atom is -0.471 e. The van der Waals surface area contributed by atoms with E-state index in [0.717, 1.165) is 22.4 Å². The number of amides is 1. The van der Waals surface area contributed by atoms with Crippen molar-refractivity contribution in [2.24, 2.45) is 0 Å². The number of nitrogens with zero attached hydrogens (tertiary/aromatic N) is 4. The van der Waals surface area contributed by atoms with Gasteiger partial charge in [-0.2, -0.15) is 10.2 Å². The van der Waals surface area contributed by atoms with Crippen LogP contribution in [0.5, 0.6) is 5.75 Å². The molecule has 0 atom stereocenters. The monoisotopic (exact) mass is 435 g/mol. The average molecular weight is 436 g/mol. The van der Waals surface area contributed by atoms with Gasteiger partial charge >= 0.3 is 0 Å². The Balaban J connectivity index is 1.38. The van der Waals surface area contributed by atoms with Crippen molar-refractivity contribution in [2.45, 2.75) is 27.1 Å². The van der Waals surface area contributed by atoms with E-state index >= 15 is 0 Å². The van der Waals surface area contributed by atoms with Crippen molar-refractivity contribution in [3.8, 4) is 5.75 Å². The second-order valence-corrected chi connectivity index (χ2v) is 7.65. The first kappa shape index (κ1) is 20.7. The lowest BCUT2D eigenvalue weighted by molar-refractivity contribution is 0.101. The van der Waals surface area contributed by atoms with Crippen LogP contribution >= 0.6 is 11.6 Å². The standard InChI is InChI=1S/C23H22ClN5O2/c1-16-8-9-17(2)21(12-16)31-15-28-11-10-20(26-28)23(30)25-22-19(24)14-29(27-22)13-18-6-4-3-5-7-18/h3-12,14H,13,15H2,1-2H3,(H,25,27,30). The van der Waals surface area contributed by atoms with Gasteiger partial charge in [-0.25, -0.2) is 4.68 Å². The summed E-state index contributed by atoms with van der Waals surface area (Å²) in [4.78, 5) is 12.6. The van der Waals surface area contributed by atoms with Crippen molar-refractivity contribution in [1.82, 2.24) is 19.6 Å². The predicted octanol–water partition coefficient (Wildman–Crippen LogP) is 4.69. The number of halogens is 1. The number of rotatable bonds is 7. The summed E-state index contributed by atoms with van der Waals surface area (Å²) in [6.07, 6.45) is 3.37. The van der Waals surface area contributed by atoms with E-state index in [1.165, 1.54) is 0 Å². The molecule has 2 aromatic carbocycles. The third-order valence-electron chi connectivity index (χ3n) is 4.71. The first-order valence-electron chi connectivity index (χ1n) is 9.79. The Morgan fingerprint density at radius 1 is 1.06 bits per heavy atom. The molecule has 0 unspecified atom stereocenters. The summed E-state index contributed by atoms with van der Waals surface area (Å²) in [5, 5.41) is 11.7. The third-order valence-corrected chi connectivity index (χ3v) is 4.98. The number of anilines is 1. The lowest BCUT2D eigenvalue weighted by Crippen LogP contribution is -2.15. The molecule has 4 aromatic rings. The van der Waals surface area contributed by atoms with Gasteiger partial charge in [0, 0.05) is 12.4 Å². The van der Waals surface area contributed by atoms with Gasteiger partial charge in [0.1, 0.15) is 10.8 Å². The number of ether oxygens (including phenoxy) is 1. The fourth-order valence-electron chi connectivity index (χ4n) is 3.06. The van der Waals surface area contributed by atoms with Gasteiger partial charge in [-0.1, -0.05) is 54.1 Å². The first-order valence-corrected chi connectivity index (χ1v) is 10.2. The van der Waals surface area contributed by atoms with Crippen molar-refractivity contribution in [3.63, 3.8) is 0 Å². The van der Waals surface area contributed by atoms with Crippen molar-refractivity contribution >= 4 is 23.3 Å². The van der Waals surface area contributed by atoms with Crippen LogP contribution in [0.2, 0.25) is 5.02 Å². The number of carbonyl (C=O) groups excluding carboxylic acids is 1. The lowest BCUT2D eigenvalue weighted by Gasteiger charge is -2.09. The normalized spacial score (nSPS) is 10.8. The summed E-state index contributed by atoms with van der Waals surface area (Å²) >= 11 is 6.25. The molecule has 31 heavy (non-hydrogen) atoms. The molecule has 0 aliphatic carbocycles. The van der Waals surface area contributed by atoms with Gasteiger partial charge in [-0.3, -0.25) is 9.48 Å². The van der Waals surface area contributed by atoms with Crippen molar-refractivity contribution in [1.29, 1.82) is 0 Å². The Kier molecular flexibility index (Phi) is 6.04. The number of hydrogen-bond acceptors (Lipinski definition) is 4. The molecule has 0 aliphatic heterocycles. The fraction of sp³-hybridized carbons (Fsp3) is 0.174. The van der Waals surface area contributed by atoms with E-state index in [2.05, 4.69) is 15.5 Å². The molecule has 0 aliphatic rings. The highest BCUT2D eigenvalue weighted by atomic mass is 35.5. The minimum absolute atomic E-state index is 0.198. The second kappa shape index (κ2) is 9.06. The summed E-state index contributed by atoms with van der Waals surface area (Å²) in [6.45, 7) is 4.75. The molecular weight excluding hydrogens is 414 g/mol. The maximum absolute atomic E-state index is 12.6. The van der Waals surface area contributed by atoms with Crippen LogP contribution in [-0.2, 0) is 13.3 Å². The molecule has 2 aromatic heterocycles. The molecule has 0 bridgehead atoms. The van der Waals surface area contributed by atoms with Gasteiger partial charge in [0.05, 0.1) is 6.54 Å². The molecular formula is C23H22ClN5O2. The number of benzene rings is 2. The SMILES string of the molecule is Cc1ccc(C)c(OCn2ccc(C(=O)Nc3nn(Cc4ccccc4)cc3Cl)n2)c1. The molecule has 0 fully saturated rings. The summed E-state index contributed by atoms with van der Waals surface area (Å²) in [5.41, 5.74) is 3.49. The van der Waals surface area contributed by atoms with Crippen LogP contribution in [0.1, 0.15) is 27.2 Å². The van der Waals surface area contributed by atoms with Crippen molar-refractivity contribution in [3.05, 3.63) is 94.4 Å². The number of aromatic nitrogens is 4. The molecule has 4 rings (SSSR count). The number of hydrogen-bond donors (Lipinski definition) is 1. The zero-order valence-corrected chi connectivity index (χ0v) is 18.0. The highest BCUT2D eigenvalue weighted by Crippen LogP contribution is 2.21. The molecule has 0 spiro atoms. The summed E-state index contributed by atoms with van der Waals surface area (Å²) < 4.78 is 9.07. The van der Waals surface area contributed by atoms with Crippen LogP contribution in [0, 0.1) is 13.8 Å². The number of aryl methyl sites for hydroxylation is 2. The molecule has 158 valence electrons. The molecule has 0 saturated heterocycles. The van der Waals surface area contributed by atoms with Crippen molar-refractivity contribution in [2.75, 3.05) is 5.32 Å². The summed E-state index contributed by atoms with van der Waals surface area (Å²) in [5.74, 6) is 0.693. The Bertz CT molecular complexity index is 1200. The van der Waals surface area contributed by atoms with Crippen LogP contribution in [-0.4, -0.2) is 25.5 Å². The Morgan fingerprint density at radius 3 is 2.68 bits per heavy atom. The molecule has 0 saturated carbocycles. The van der Waals surface area contributed by atoms with Gasteiger partial charge in [0.25, 0.3) is 5.91 Å². The van der Waals surface area contributed by atoms with E-state index < -0.39 is 5.91 Å². The Labute approximate surface area is 185 Å². The Morgan fingerprint density at radius 2 is 1.87 bits per heavy atom. The molecule has 1 amide bonds. The molecule has 8 heteroatoms. The number of nitrogens with one attached hydrogen (secondary N) is 1. The topological polar surface area (TPSA) is 74.0 Å². The van der Waals surface area contributed by atoms with Crippen LogP contribution in [0.25, 0.3) is 0 Å². The Hall–Kier alpha value is -3.58. The second-order valence-electron chi connectivity index (χ2n) is 7.25. The average Bonchev–Trinajstić information content (AvgIpc) is 3.36. The van der Waals surface area contributed by atoms with E-state index in [-0.39, 0.29) is 12.4 Å². The first-order chi connectivity index (χ1) is 15.0. The van der Waals surface area contributed by atoms with Crippen molar-refractivity contribution < 1.29 is 9.53 Å². The van der Waals surface area contributed by atoms with Gasteiger partial charge in [0.15, 0.2) is 18.2 Å². The lowest BCUT2D eigenvalue weighted by atomic mass is 10.1. The molecule has 0 radical (unpaired) electrons. The minimum atomic E-state index is -0.391. The van der Waals surface area contributed by atoms with Crippen LogP contribution in [0.15, 0.2) is 67.0 Å². The maximum atomic E-state index is 12.6. The highest BCUT2D eigenvalue weighted by Gasteiger charge is 2.15. The quantitative estimate of drug-likeness (QED) is 0.457. The van der Waals surface area contributed by atoms with E-state index in [4.69, 9.17) is 16.3 Å². The van der Waals surface area contributed by atoms with E-state index in [0.29, 0.717) is 17.4 Å². The smallest absolute Gasteiger partial charge is 0.277 e. The summed E-state index contributed by atoms with van der Waals surface area (Å²) in [7, 11) is 0. The zero-order valence-electron chi connectivity index (χ0n) is 17.2. The highest BCUT2D eigenvalue weighted by molar-refractivity contribution is 6.33. The van der Waals surface area contributed by atoms with Crippen LogP contribution in [0.3, 0.4) is 0 Å². The van der Waals surface area contributed by atoms with Crippen LogP contribution < -0.4 is 10.1 Å². The predicted molar refractivity (Wildman–Crippen MR) is 120 cm³/mol. The largest absolute Gasteiger partial charge is 0.471 e. The van der Waals surface area contributed by atoms with E-state index in [1.807, 2.05) is 62.4 Å². The van der Waals surface area contributed by atoms with Gasteiger partial charge in [-0.05, 0) is 42.7 Å². The maximum Gasteiger partial charge on any atom is 0.277 e. The molecule has 1 N–H and O–H groups in total. The van der Waals surface area contributed by atoms with E-state index in [9.17, 15) is 4.79 Å². The van der Waals surface area contributed by atoms with Gasteiger partial charge < -0.3 is 10.1 Å².